The Balaban J connectivity index is 2.09. The molecule has 0 spiro atoms. The fourth-order valence-corrected chi connectivity index (χ4v) is 5.76. The van der Waals surface area contributed by atoms with Crippen LogP contribution in [0.15, 0.2) is 59.0 Å². The van der Waals surface area contributed by atoms with Crippen molar-refractivity contribution in [3.8, 4) is 5.75 Å². The summed E-state index contributed by atoms with van der Waals surface area (Å²) in [5, 5.41) is 11.2. The number of aliphatic hydroxyl groups is 1. The Labute approximate surface area is 212 Å². The number of carbonyl (C=O) groups excluding carboxylic acids is 2. The van der Waals surface area contributed by atoms with E-state index in [-0.39, 0.29) is 28.3 Å². The topological polar surface area (TPSA) is 113 Å². The van der Waals surface area contributed by atoms with Crippen LogP contribution in [0.1, 0.15) is 37.4 Å². The van der Waals surface area contributed by atoms with E-state index in [9.17, 15) is 23.1 Å². The number of aliphatic hydroxyl groups excluding tert-OH is 1. The lowest BCUT2D eigenvalue weighted by Crippen LogP contribution is -2.31. The molecule has 0 bridgehead atoms. The first-order valence-corrected chi connectivity index (χ1v) is 13.2. The molecule has 1 saturated heterocycles. The zero-order valence-electron chi connectivity index (χ0n) is 20.9. The van der Waals surface area contributed by atoms with Gasteiger partial charge in [0.15, 0.2) is 0 Å². The van der Waals surface area contributed by atoms with Gasteiger partial charge in [0.25, 0.3) is 11.7 Å². The van der Waals surface area contributed by atoms with Gasteiger partial charge in [-0.15, -0.1) is 0 Å². The van der Waals surface area contributed by atoms with Gasteiger partial charge in [0.05, 0.1) is 23.6 Å². The summed E-state index contributed by atoms with van der Waals surface area (Å²) in [5.41, 5.74) is 0.773. The van der Waals surface area contributed by atoms with Crippen LogP contribution < -0.4 is 4.74 Å². The van der Waals surface area contributed by atoms with Crippen molar-refractivity contribution < 1.29 is 32.6 Å². The van der Waals surface area contributed by atoms with Crippen LogP contribution in [0, 0.1) is 0 Å². The number of likely N-dealkylation sites (tertiary alicyclic amines) is 1. The van der Waals surface area contributed by atoms with Crippen LogP contribution in [-0.2, 0) is 24.3 Å². The second-order valence-corrected chi connectivity index (χ2v) is 10.2. The SMILES string of the molecule is CCN(CC)S(=O)(=O)c1ccc(C(O)=C2C(=O)C(=O)N(CCCOC)[C@@H]2c2cccc(OC)c2)cc1. The van der Waals surface area contributed by atoms with Crippen molar-refractivity contribution in [2.45, 2.75) is 31.2 Å². The maximum Gasteiger partial charge on any atom is 0.295 e. The third-order valence-corrected chi connectivity index (χ3v) is 8.23. The van der Waals surface area contributed by atoms with Crippen LogP contribution in [0.4, 0.5) is 0 Å². The van der Waals surface area contributed by atoms with E-state index in [1.165, 1.54) is 40.6 Å². The summed E-state index contributed by atoms with van der Waals surface area (Å²) in [7, 11) is -0.615. The van der Waals surface area contributed by atoms with Crippen molar-refractivity contribution in [2.75, 3.05) is 40.5 Å². The van der Waals surface area contributed by atoms with Crippen LogP contribution in [0.25, 0.3) is 5.76 Å². The molecule has 194 valence electrons. The molecule has 2 aromatic rings. The zero-order valence-corrected chi connectivity index (χ0v) is 21.7. The Morgan fingerprint density at radius 1 is 1.06 bits per heavy atom. The molecular weight excluding hydrogens is 484 g/mol. The van der Waals surface area contributed by atoms with E-state index in [4.69, 9.17) is 9.47 Å². The van der Waals surface area contributed by atoms with Crippen molar-refractivity contribution in [1.29, 1.82) is 0 Å². The first-order valence-electron chi connectivity index (χ1n) is 11.7. The van der Waals surface area contributed by atoms with Gasteiger partial charge in [0.2, 0.25) is 10.0 Å². The Morgan fingerprint density at radius 3 is 2.31 bits per heavy atom. The molecule has 1 aliphatic rings. The molecule has 1 fully saturated rings. The van der Waals surface area contributed by atoms with Gasteiger partial charge in [0.1, 0.15) is 11.5 Å². The molecule has 1 amide bonds. The minimum absolute atomic E-state index is 0.0648. The minimum Gasteiger partial charge on any atom is -0.507 e. The van der Waals surface area contributed by atoms with Gasteiger partial charge >= 0.3 is 0 Å². The first-order chi connectivity index (χ1) is 17.2. The second-order valence-electron chi connectivity index (χ2n) is 8.23. The molecule has 0 unspecified atom stereocenters. The Bertz CT molecular complexity index is 1240. The predicted molar refractivity (Wildman–Crippen MR) is 135 cm³/mol. The lowest BCUT2D eigenvalue weighted by Gasteiger charge is -2.25. The van der Waals surface area contributed by atoms with Gasteiger partial charge in [-0.2, -0.15) is 4.31 Å². The maximum absolute atomic E-state index is 13.1. The number of nitrogens with zero attached hydrogens (tertiary/aromatic N) is 2. The molecule has 0 aliphatic carbocycles. The second kappa shape index (κ2) is 11.7. The van der Waals surface area contributed by atoms with E-state index in [1.807, 2.05) is 0 Å². The molecule has 0 radical (unpaired) electrons. The average molecular weight is 517 g/mol. The molecule has 1 aliphatic heterocycles. The summed E-state index contributed by atoms with van der Waals surface area (Å²) in [4.78, 5) is 27.6. The fraction of sp³-hybridized carbons (Fsp3) is 0.385. The molecule has 2 aromatic carbocycles. The van der Waals surface area contributed by atoms with Crippen LogP contribution in [0.5, 0.6) is 5.75 Å². The number of methoxy groups -OCH3 is 2. The molecule has 1 heterocycles. The minimum atomic E-state index is -3.68. The predicted octanol–water partition coefficient (Wildman–Crippen LogP) is 3.18. The fourth-order valence-electron chi connectivity index (χ4n) is 4.30. The normalized spacial score (nSPS) is 17.7. The van der Waals surface area contributed by atoms with Gasteiger partial charge in [-0.25, -0.2) is 8.42 Å². The zero-order chi connectivity index (χ0) is 26.5. The van der Waals surface area contributed by atoms with E-state index >= 15 is 0 Å². The highest BCUT2D eigenvalue weighted by molar-refractivity contribution is 7.89. The largest absolute Gasteiger partial charge is 0.507 e. The molecular formula is C26H32N2O7S. The highest BCUT2D eigenvalue weighted by Gasteiger charge is 2.45. The van der Waals surface area contributed by atoms with Gasteiger partial charge in [-0.1, -0.05) is 26.0 Å². The Kier molecular flexibility index (Phi) is 8.89. The molecule has 10 heteroatoms. The van der Waals surface area contributed by atoms with Crippen molar-refractivity contribution >= 4 is 27.5 Å². The Morgan fingerprint density at radius 2 is 1.72 bits per heavy atom. The number of ketones is 1. The van der Waals surface area contributed by atoms with Crippen molar-refractivity contribution in [2.24, 2.45) is 0 Å². The quantitative estimate of drug-likeness (QED) is 0.211. The number of ether oxygens (including phenoxy) is 2. The number of amides is 1. The first kappa shape index (κ1) is 27.4. The van der Waals surface area contributed by atoms with Gasteiger partial charge in [-0.05, 0) is 48.4 Å². The molecule has 1 atom stereocenters. The smallest absolute Gasteiger partial charge is 0.295 e. The number of Topliss-reactive ketones (excluding diaryl/α,β-unsaturated/α-hetero) is 1. The van der Waals surface area contributed by atoms with Crippen molar-refractivity contribution in [3.63, 3.8) is 0 Å². The molecule has 1 N–H and O–H groups in total. The van der Waals surface area contributed by atoms with Gasteiger partial charge in [0, 0.05) is 38.9 Å². The lowest BCUT2D eigenvalue weighted by atomic mass is 9.95. The standard InChI is InChI=1S/C26H32N2O7S/c1-5-27(6-2)36(32,33)21-13-11-18(12-14-21)24(29)22-23(19-9-7-10-20(17-19)35-4)28(15-8-16-34-3)26(31)25(22)30/h7,9-14,17,23,29H,5-6,8,15-16H2,1-4H3/t23-/m1/s1. The summed E-state index contributed by atoms with van der Waals surface area (Å²) < 4.78 is 37.4. The van der Waals surface area contributed by atoms with Crippen LogP contribution in [0.2, 0.25) is 0 Å². The number of hydrogen-bond donors (Lipinski definition) is 1. The van der Waals surface area contributed by atoms with Crippen molar-refractivity contribution in [1.82, 2.24) is 9.21 Å². The number of hydrogen-bond acceptors (Lipinski definition) is 7. The van der Waals surface area contributed by atoms with Crippen LogP contribution in [0.3, 0.4) is 0 Å². The van der Waals surface area contributed by atoms with E-state index in [0.29, 0.717) is 37.4 Å². The monoisotopic (exact) mass is 516 g/mol. The van der Waals surface area contributed by atoms with E-state index in [2.05, 4.69) is 0 Å². The third kappa shape index (κ3) is 5.30. The average Bonchev–Trinajstić information content (AvgIpc) is 3.14. The molecule has 3 rings (SSSR count). The highest BCUT2D eigenvalue weighted by Crippen LogP contribution is 2.40. The molecule has 9 nitrogen and oxygen atoms in total. The van der Waals surface area contributed by atoms with E-state index in [1.54, 1.807) is 45.2 Å². The number of sulfonamides is 1. The highest BCUT2D eigenvalue weighted by atomic mass is 32.2. The summed E-state index contributed by atoms with van der Waals surface area (Å²) in [6.07, 6.45) is 0.502. The summed E-state index contributed by atoms with van der Waals surface area (Å²) in [5.74, 6) is -1.36. The lowest BCUT2D eigenvalue weighted by molar-refractivity contribution is -0.140. The van der Waals surface area contributed by atoms with Gasteiger partial charge < -0.3 is 19.5 Å². The summed E-state index contributed by atoms with van der Waals surface area (Å²) >= 11 is 0. The van der Waals surface area contributed by atoms with Crippen LogP contribution in [-0.4, -0.2) is 74.9 Å². The Hall–Kier alpha value is -3.21. The molecule has 0 saturated carbocycles. The number of rotatable bonds is 11. The summed E-state index contributed by atoms with van der Waals surface area (Å²) in [6, 6.07) is 11.8. The van der Waals surface area contributed by atoms with E-state index < -0.39 is 27.8 Å². The number of carbonyl (C=O) groups is 2. The molecule has 36 heavy (non-hydrogen) atoms. The van der Waals surface area contributed by atoms with E-state index in [0.717, 1.165) is 0 Å². The summed E-state index contributed by atoms with van der Waals surface area (Å²) in [6.45, 7) is 4.81. The van der Waals surface area contributed by atoms with Crippen LogP contribution >= 0.6 is 0 Å². The van der Waals surface area contributed by atoms with Crippen molar-refractivity contribution in [3.05, 3.63) is 65.2 Å². The third-order valence-electron chi connectivity index (χ3n) is 6.17. The molecule has 0 aromatic heterocycles. The number of benzene rings is 2. The maximum atomic E-state index is 13.1. The van der Waals surface area contributed by atoms with Gasteiger partial charge in [-0.3, -0.25) is 9.59 Å².